The van der Waals surface area contributed by atoms with Crippen LogP contribution in [0.15, 0.2) is 48.5 Å². The second kappa shape index (κ2) is 8.50. The van der Waals surface area contributed by atoms with Gasteiger partial charge in [0.1, 0.15) is 6.07 Å². The van der Waals surface area contributed by atoms with Crippen molar-refractivity contribution in [3.63, 3.8) is 0 Å². The Kier molecular flexibility index (Phi) is 5.87. The Morgan fingerprint density at radius 3 is 2.52 bits per heavy atom. The molecule has 3 rings (SSSR count). The molecule has 1 fully saturated rings. The number of piperidine rings is 1. The molecule has 1 unspecified atom stereocenters. The van der Waals surface area contributed by atoms with Crippen molar-refractivity contribution < 1.29 is 9.59 Å². The number of rotatable bonds is 4. The molecule has 1 aliphatic rings. The van der Waals surface area contributed by atoms with Crippen LogP contribution in [0.4, 0.5) is 5.69 Å². The Bertz CT molecular complexity index is 868. The average molecular weight is 361 g/mol. The molecule has 27 heavy (non-hydrogen) atoms. The number of para-hydroxylation sites is 1. The zero-order valence-electron chi connectivity index (χ0n) is 15.4. The predicted molar refractivity (Wildman–Crippen MR) is 105 cm³/mol. The van der Waals surface area contributed by atoms with Gasteiger partial charge in [-0.05, 0) is 62.1 Å². The summed E-state index contributed by atoms with van der Waals surface area (Å²) in [5.74, 6) is -0.274. The number of hydrogen-bond donors (Lipinski definition) is 1. The summed E-state index contributed by atoms with van der Waals surface area (Å²) in [6, 6.07) is 15.9. The van der Waals surface area contributed by atoms with Crippen LogP contribution in [0.3, 0.4) is 0 Å². The van der Waals surface area contributed by atoms with Crippen LogP contribution in [0, 0.1) is 11.3 Å². The molecule has 1 saturated heterocycles. The lowest BCUT2D eigenvalue weighted by molar-refractivity contribution is 0.0607. The molecule has 5 nitrogen and oxygen atoms in total. The Balaban J connectivity index is 1.72. The average Bonchev–Trinajstić information content (AvgIpc) is 2.73. The molecule has 0 aliphatic carbocycles. The summed E-state index contributed by atoms with van der Waals surface area (Å²) in [5, 5.41) is 11.9. The van der Waals surface area contributed by atoms with E-state index in [1.54, 1.807) is 48.5 Å². The van der Waals surface area contributed by atoms with Gasteiger partial charge in [-0.2, -0.15) is 5.26 Å². The smallest absolute Gasteiger partial charge is 0.255 e. The number of benzene rings is 2. The number of anilines is 1. The van der Waals surface area contributed by atoms with Gasteiger partial charge in [0.15, 0.2) is 0 Å². The van der Waals surface area contributed by atoms with E-state index in [-0.39, 0.29) is 11.8 Å². The highest BCUT2D eigenvalue weighted by atomic mass is 16.2. The van der Waals surface area contributed by atoms with Crippen molar-refractivity contribution in [3.8, 4) is 6.07 Å². The molecule has 1 heterocycles. The summed E-state index contributed by atoms with van der Waals surface area (Å²) in [6.45, 7) is 2.91. The van der Waals surface area contributed by atoms with Gasteiger partial charge in [-0.3, -0.25) is 9.59 Å². The van der Waals surface area contributed by atoms with E-state index >= 15 is 0 Å². The van der Waals surface area contributed by atoms with Gasteiger partial charge < -0.3 is 10.2 Å². The number of carbonyl (C=O) groups is 2. The van der Waals surface area contributed by atoms with E-state index in [1.165, 1.54) is 6.42 Å². The van der Waals surface area contributed by atoms with Crippen molar-refractivity contribution >= 4 is 17.5 Å². The quantitative estimate of drug-likeness (QED) is 0.886. The molecule has 2 aromatic rings. The van der Waals surface area contributed by atoms with E-state index in [0.717, 1.165) is 25.8 Å². The second-order valence-electron chi connectivity index (χ2n) is 6.75. The first-order chi connectivity index (χ1) is 13.1. The molecule has 138 valence electrons. The summed E-state index contributed by atoms with van der Waals surface area (Å²) in [4.78, 5) is 27.2. The lowest BCUT2D eigenvalue weighted by Gasteiger charge is -2.35. The number of nitrogens with one attached hydrogen (secondary N) is 1. The number of amides is 2. The maximum atomic E-state index is 12.8. The molecule has 1 aliphatic heterocycles. The third-order valence-corrected chi connectivity index (χ3v) is 5.05. The molecule has 2 amide bonds. The van der Waals surface area contributed by atoms with Gasteiger partial charge >= 0.3 is 0 Å². The summed E-state index contributed by atoms with van der Waals surface area (Å²) in [6.07, 6.45) is 4.23. The highest BCUT2D eigenvalue weighted by Gasteiger charge is 2.26. The van der Waals surface area contributed by atoms with E-state index in [9.17, 15) is 9.59 Å². The fourth-order valence-corrected chi connectivity index (χ4v) is 3.51. The van der Waals surface area contributed by atoms with Crippen molar-refractivity contribution in [2.24, 2.45) is 0 Å². The monoisotopic (exact) mass is 361 g/mol. The normalized spacial score (nSPS) is 16.4. The van der Waals surface area contributed by atoms with Crippen LogP contribution < -0.4 is 5.32 Å². The van der Waals surface area contributed by atoms with Crippen molar-refractivity contribution in [1.29, 1.82) is 5.26 Å². The lowest BCUT2D eigenvalue weighted by atomic mass is 9.98. The number of likely N-dealkylation sites (tertiary alicyclic amines) is 1. The van der Waals surface area contributed by atoms with Crippen molar-refractivity contribution in [2.75, 3.05) is 11.9 Å². The van der Waals surface area contributed by atoms with Crippen LogP contribution in [-0.4, -0.2) is 29.3 Å². The Hall–Kier alpha value is -3.13. The number of carbonyl (C=O) groups excluding carboxylic acids is 2. The lowest BCUT2D eigenvalue weighted by Crippen LogP contribution is -2.43. The fourth-order valence-electron chi connectivity index (χ4n) is 3.51. The molecular formula is C22H23N3O2. The molecule has 0 aromatic heterocycles. The Labute approximate surface area is 159 Å². The molecule has 5 heteroatoms. The van der Waals surface area contributed by atoms with Crippen molar-refractivity contribution in [3.05, 3.63) is 65.2 Å². The van der Waals surface area contributed by atoms with Gasteiger partial charge in [0.25, 0.3) is 11.8 Å². The molecule has 2 aromatic carbocycles. The highest BCUT2D eigenvalue weighted by Crippen LogP contribution is 2.22. The predicted octanol–water partition coefficient (Wildman–Crippen LogP) is 4.22. The van der Waals surface area contributed by atoms with E-state index in [4.69, 9.17) is 5.26 Å². The van der Waals surface area contributed by atoms with Crippen LogP contribution in [-0.2, 0) is 0 Å². The first-order valence-electron chi connectivity index (χ1n) is 9.35. The summed E-state index contributed by atoms with van der Waals surface area (Å²) in [7, 11) is 0. The maximum absolute atomic E-state index is 12.8. The minimum absolute atomic E-state index is 0.0309. The van der Waals surface area contributed by atoms with Gasteiger partial charge in [-0.1, -0.05) is 19.1 Å². The van der Waals surface area contributed by atoms with Gasteiger partial charge in [0, 0.05) is 23.7 Å². The van der Waals surface area contributed by atoms with Crippen LogP contribution >= 0.6 is 0 Å². The number of nitriles is 1. The van der Waals surface area contributed by atoms with Gasteiger partial charge in [0.2, 0.25) is 0 Å². The van der Waals surface area contributed by atoms with E-state index < -0.39 is 0 Å². The highest BCUT2D eigenvalue weighted by molar-refractivity contribution is 6.05. The fraction of sp³-hybridized carbons (Fsp3) is 0.318. The molecule has 0 bridgehead atoms. The van der Waals surface area contributed by atoms with Crippen LogP contribution in [0.2, 0.25) is 0 Å². The first-order valence-corrected chi connectivity index (χ1v) is 9.35. The zero-order valence-corrected chi connectivity index (χ0v) is 15.4. The summed E-state index contributed by atoms with van der Waals surface area (Å²) in [5.41, 5.74) is 1.94. The maximum Gasteiger partial charge on any atom is 0.255 e. The molecule has 1 atom stereocenters. The Morgan fingerprint density at radius 2 is 1.81 bits per heavy atom. The van der Waals surface area contributed by atoms with Gasteiger partial charge in [-0.15, -0.1) is 0 Å². The number of hydrogen-bond acceptors (Lipinski definition) is 3. The van der Waals surface area contributed by atoms with Gasteiger partial charge in [0.05, 0.1) is 11.3 Å². The molecule has 1 N–H and O–H groups in total. The Morgan fingerprint density at radius 1 is 1.11 bits per heavy atom. The third-order valence-electron chi connectivity index (χ3n) is 5.05. The third kappa shape index (κ3) is 4.17. The van der Waals surface area contributed by atoms with E-state index in [2.05, 4.69) is 18.3 Å². The molecular weight excluding hydrogens is 338 g/mol. The minimum Gasteiger partial charge on any atom is -0.336 e. The number of nitrogens with zero attached hydrogens (tertiary/aromatic N) is 2. The summed E-state index contributed by atoms with van der Waals surface area (Å²) >= 11 is 0. The first kappa shape index (κ1) is 18.7. The van der Waals surface area contributed by atoms with E-state index in [1.807, 2.05) is 4.90 Å². The van der Waals surface area contributed by atoms with Crippen molar-refractivity contribution in [2.45, 2.75) is 38.6 Å². The second-order valence-corrected chi connectivity index (χ2v) is 6.75. The SMILES string of the molecule is CCC1CCCCN1C(=O)c1ccc(C(=O)Nc2ccccc2C#N)cc1. The molecule has 0 spiro atoms. The summed E-state index contributed by atoms with van der Waals surface area (Å²) < 4.78 is 0. The van der Waals surface area contributed by atoms with Crippen LogP contribution in [0.5, 0.6) is 0 Å². The minimum atomic E-state index is -0.305. The van der Waals surface area contributed by atoms with Crippen molar-refractivity contribution in [1.82, 2.24) is 4.90 Å². The molecule has 0 saturated carbocycles. The van der Waals surface area contributed by atoms with Gasteiger partial charge in [-0.25, -0.2) is 0 Å². The van der Waals surface area contributed by atoms with E-state index in [0.29, 0.717) is 28.4 Å². The van der Waals surface area contributed by atoms with Crippen LogP contribution in [0.1, 0.15) is 58.9 Å². The standard InChI is InChI=1S/C22H23N3O2/c1-2-19-8-5-6-14-25(19)22(27)17-12-10-16(11-13-17)21(26)24-20-9-4-3-7-18(20)15-23/h3-4,7,9-13,19H,2,5-6,8,14H2,1H3,(H,24,26). The van der Waals surface area contributed by atoms with Crippen LogP contribution in [0.25, 0.3) is 0 Å². The largest absolute Gasteiger partial charge is 0.336 e. The molecule has 0 radical (unpaired) electrons. The zero-order chi connectivity index (χ0) is 19.2. The topological polar surface area (TPSA) is 73.2 Å².